The van der Waals surface area contributed by atoms with Gasteiger partial charge in [0.05, 0.1) is 0 Å². The SMILES string of the molecule is O=C(CCCl)Nc1ncc(Cc2ccccc2F)s1. The normalized spacial score (nSPS) is 10.4. The van der Waals surface area contributed by atoms with Crippen molar-refractivity contribution in [3.05, 3.63) is 46.7 Å². The fraction of sp³-hybridized carbons (Fsp3) is 0.231. The summed E-state index contributed by atoms with van der Waals surface area (Å²) in [6.45, 7) is 0. The molecule has 0 saturated heterocycles. The smallest absolute Gasteiger partial charge is 0.227 e. The maximum Gasteiger partial charge on any atom is 0.227 e. The van der Waals surface area contributed by atoms with Crippen molar-refractivity contribution in [2.45, 2.75) is 12.8 Å². The van der Waals surface area contributed by atoms with E-state index in [4.69, 9.17) is 11.6 Å². The third-order valence-corrected chi connectivity index (χ3v) is 3.55. The van der Waals surface area contributed by atoms with E-state index in [-0.39, 0.29) is 24.0 Å². The lowest BCUT2D eigenvalue weighted by atomic mass is 10.1. The number of nitrogens with one attached hydrogen (secondary N) is 1. The van der Waals surface area contributed by atoms with Crippen LogP contribution in [0.4, 0.5) is 9.52 Å². The molecule has 1 amide bonds. The van der Waals surface area contributed by atoms with Gasteiger partial charge in [-0.15, -0.1) is 22.9 Å². The Morgan fingerprint density at radius 1 is 1.42 bits per heavy atom. The van der Waals surface area contributed by atoms with Gasteiger partial charge in [-0.05, 0) is 11.6 Å². The Morgan fingerprint density at radius 2 is 2.21 bits per heavy atom. The lowest BCUT2D eigenvalue weighted by Crippen LogP contribution is -2.11. The third-order valence-electron chi connectivity index (χ3n) is 2.44. The molecular weight excluding hydrogens is 287 g/mol. The van der Waals surface area contributed by atoms with Crippen LogP contribution in [0.3, 0.4) is 0 Å². The van der Waals surface area contributed by atoms with Crippen LogP contribution in [0.2, 0.25) is 0 Å². The Labute approximate surface area is 119 Å². The zero-order valence-corrected chi connectivity index (χ0v) is 11.6. The van der Waals surface area contributed by atoms with Gasteiger partial charge in [0.2, 0.25) is 5.91 Å². The number of nitrogens with zero attached hydrogens (tertiary/aromatic N) is 1. The number of hydrogen-bond acceptors (Lipinski definition) is 3. The third kappa shape index (κ3) is 4.01. The summed E-state index contributed by atoms with van der Waals surface area (Å²) in [7, 11) is 0. The van der Waals surface area contributed by atoms with E-state index in [2.05, 4.69) is 10.3 Å². The molecular formula is C13H12ClFN2OS. The Bertz CT molecular complexity index is 573. The molecule has 1 aromatic carbocycles. The first-order valence-electron chi connectivity index (χ1n) is 5.73. The predicted molar refractivity (Wildman–Crippen MR) is 75.3 cm³/mol. The van der Waals surface area contributed by atoms with E-state index < -0.39 is 0 Å². The first-order chi connectivity index (χ1) is 9.19. The molecule has 0 aliphatic heterocycles. The van der Waals surface area contributed by atoms with Gasteiger partial charge in [0, 0.05) is 29.8 Å². The zero-order valence-electron chi connectivity index (χ0n) is 10.0. The molecule has 1 heterocycles. The Morgan fingerprint density at radius 3 is 2.95 bits per heavy atom. The van der Waals surface area contributed by atoms with E-state index in [0.29, 0.717) is 17.1 Å². The highest BCUT2D eigenvalue weighted by molar-refractivity contribution is 7.15. The minimum atomic E-state index is -0.233. The van der Waals surface area contributed by atoms with Crippen LogP contribution in [0, 0.1) is 5.82 Å². The molecule has 100 valence electrons. The molecule has 0 fully saturated rings. The molecule has 3 nitrogen and oxygen atoms in total. The lowest BCUT2D eigenvalue weighted by molar-refractivity contribution is -0.115. The summed E-state index contributed by atoms with van der Waals surface area (Å²) in [4.78, 5) is 16.3. The van der Waals surface area contributed by atoms with Crippen LogP contribution in [0.25, 0.3) is 0 Å². The monoisotopic (exact) mass is 298 g/mol. The molecule has 0 aliphatic rings. The van der Waals surface area contributed by atoms with Gasteiger partial charge in [0.1, 0.15) is 5.82 Å². The number of thiazole rings is 1. The number of rotatable bonds is 5. The van der Waals surface area contributed by atoms with Crippen LogP contribution < -0.4 is 5.32 Å². The Kier molecular flexibility index (Phi) is 4.87. The van der Waals surface area contributed by atoms with Crippen LogP contribution in [-0.2, 0) is 11.2 Å². The summed E-state index contributed by atoms with van der Waals surface area (Å²) in [5.74, 6) is -0.121. The number of alkyl halides is 1. The van der Waals surface area contributed by atoms with E-state index >= 15 is 0 Å². The molecule has 0 saturated carbocycles. The van der Waals surface area contributed by atoms with Gasteiger partial charge < -0.3 is 5.32 Å². The molecule has 19 heavy (non-hydrogen) atoms. The molecule has 0 spiro atoms. The molecule has 1 N–H and O–H groups in total. The average Bonchev–Trinajstić information content (AvgIpc) is 2.80. The minimum Gasteiger partial charge on any atom is -0.302 e. The Hall–Kier alpha value is -1.46. The number of aromatic nitrogens is 1. The van der Waals surface area contributed by atoms with Gasteiger partial charge in [0.25, 0.3) is 0 Å². The van der Waals surface area contributed by atoms with Crippen LogP contribution in [0.5, 0.6) is 0 Å². The summed E-state index contributed by atoms with van der Waals surface area (Å²) < 4.78 is 13.5. The molecule has 0 unspecified atom stereocenters. The second-order valence-corrected chi connectivity index (χ2v) is 5.38. The standard InChI is InChI=1S/C13H12ClFN2OS/c14-6-5-12(18)17-13-16-8-10(19-13)7-9-3-1-2-4-11(9)15/h1-4,8H,5-7H2,(H,16,17,18). The van der Waals surface area contributed by atoms with Crippen molar-refractivity contribution in [3.63, 3.8) is 0 Å². The maximum atomic E-state index is 13.5. The molecule has 6 heteroatoms. The quantitative estimate of drug-likeness (QED) is 0.859. The van der Waals surface area contributed by atoms with Crippen LogP contribution >= 0.6 is 22.9 Å². The number of amides is 1. The number of carbonyl (C=O) groups is 1. The molecule has 2 aromatic rings. The minimum absolute atomic E-state index is 0.165. The molecule has 1 aromatic heterocycles. The summed E-state index contributed by atoms with van der Waals surface area (Å²) >= 11 is 6.81. The molecule has 0 aliphatic carbocycles. The first kappa shape index (κ1) is 14.0. The first-order valence-corrected chi connectivity index (χ1v) is 7.08. The molecule has 0 atom stereocenters. The van der Waals surface area contributed by atoms with Crippen molar-refractivity contribution in [1.29, 1.82) is 0 Å². The predicted octanol–water partition coefficient (Wildman–Crippen LogP) is 3.44. The number of anilines is 1. The van der Waals surface area contributed by atoms with Gasteiger partial charge in [-0.3, -0.25) is 4.79 Å². The summed E-state index contributed by atoms with van der Waals surface area (Å²) in [5.41, 5.74) is 0.616. The highest BCUT2D eigenvalue weighted by Crippen LogP contribution is 2.22. The molecule has 2 rings (SSSR count). The second-order valence-electron chi connectivity index (χ2n) is 3.89. The lowest BCUT2D eigenvalue weighted by Gasteiger charge is -2.00. The van der Waals surface area contributed by atoms with E-state index in [1.165, 1.54) is 17.4 Å². The van der Waals surface area contributed by atoms with Gasteiger partial charge in [-0.25, -0.2) is 9.37 Å². The molecule has 0 radical (unpaired) electrons. The topological polar surface area (TPSA) is 42.0 Å². The van der Waals surface area contributed by atoms with E-state index in [9.17, 15) is 9.18 Å². The fourth-order valence-corrected chi connectivity index (χ4v) is 2.57. The molecule has 0 bridgehead atoms. The van der Waals surface area contributed by atoms with Crippen molar-refractivity contribution < 1.29 is 9.18 Å². The van der Waals surface area contributed by atoms with Gasteiger partial charge in [-0.1, -0.05) is 18.2 Å². The van der Waals surface area contributed by atoms with Crippen LogP contribution in [0.1, 0.15) is 16.9 Å². The van der Waals surface area contributed by atoms with E-state index in [0.717, 1.165) is 4.88 Å². The fourth-order valence-electron chi connectivity index (χ4n) is 1.54. The largest absolute Gasteiger partial charge is 0.302 e. The van der Waals surface area contributed by atoms with Crippen molar-refractivity contribution in [2.24, 2.45) is 0 Å². The van der Waals surface area contributed by atoms with Gasteiger partial charge in [-0.2, -0.15) is 0 Å². The summed E-state index contributed by atoms with van der Waals surface area (Å²) in [6.07, 6.45) is 2.37. The maximum absolute atomic E-state index is 13.5. The van der Waals surface area contributed by atoms with E-state index in [1.54, 1.807) is 24.4 Å². The summed E-state index contributed by atoms with van der Waals surface area (Å²) in [5, 5.41) is 3.17. The number of halogens is 2. The highest BCUT2D eigenvalue weighted by Gasteiger charge is 2.08. The number of hydrogen-bond donors (Lipinski definition) is 1. The summed E-state index contributed by atoms with van der Waals surface area (Å²) in [6, 6.07) is 6.62. The highest BCUT2D eigenvalue weighted by atomic mass is 35.5. The van der Waals surface area contributed by atoms with Crippen molar-refractivity contribution in [3.8, 4) is 0 Å². The van der Waals surface area contributed by atoms with E-state index in [1.807, 2.05) is 0 Å². The van der Waals surface area contributed by atoms with Crippen molar-refractivity contribution in [1.82, 2.24) is 4.98 Å². The average molecular weight is 299 g/mol. The van der Waals surface area contributed by atoms with Crippen LogP contribution in [0.15, 0.2) is 30.5 Å². The number of benzene rings is 1. The zero-order chi connectivity index (χ0) is 13.7. The van der Waals surface area contributed by atoms with Crippen molar-refractivity contribution in [2.75, 3.05) is 11.2 Å². The Balaban J connectivity index is 2.02. The number of carbonyl (C=O) groups excluding carboxylic acids is 1. The second kappa shape index (κ2) is 6.63. The van der Waals surface area contributed by atoms with Crippen LogP contribution in [-0.4, -0.2) is 16.8 Å². The van der Waals surface area contributed by atoms with Gasteiger partial charge in [0.15, 0.2) is 5.13 Å². The van der Waals surface area contributed by atoms with Gasteiger partial charge >= 0.3 is 0 Å². The van der Waals surface area contributed by atoms with Crippen molar-refractivity contribution >= 4 is 34.0 Å².